The summed E-state index contributed by atoms with van der Waals surface area (Å²) in [5.74, 6) is -9.40. The Labute approximate surface area is 182 Å². The maximum Gasteiger partial charge on any atom is 0.293 e. The number of carbonyl (C=O) groups excluding carboxylic acids is 1. The normalized spacial score (nSPS) is 10.9. The predicted octanol–water partition coefficient (Wildman–Crippen LogP) is 4.45. The fourth-order valence-corrected chi connectivity index (χ4v) is 2.79. The van der Waals surface area contributed by atoms with Gasteiger partial charge in [-0.15, -0.1) is 5.10 Å². The van der Waals surface area contributed by atoms with Gasteiger partial charge < -0.3 is 9.15 Å². The maximum absolute atomic E-state index is 13.7. The highest BCUT2D eigenvalue weighted by molar-refractivity contribution is 6.01. The SMILES string of the molecule is O=C(Nc1ncn(Cc2ccccc2F)n1)c1ccc(COc2c(F)c(F)cc(F)c2F)o1. The van der Waals surface area contributed by atoms with Gasteiger partial charge in [0.25, 0.3) is 5.91 Å². The molecule has 0 radical (unpaired) electrons. The summed E-state index contributed by atoms with van der Waals surface area (Å²) in [6, 6.07) is 8.67. The van der Waals surface area contributed by atoms with Gasteiger partial charge in [0.1, 0.15) is 24.5 Å². The molecule has 0 saturated carbocycles. The maximum atomic E-state index is 13.7. The summed E-state index contributed by atoms with van der Waals surface area (Å²) in [5.41, 5.74) is 0.377. The van der Waals surface area contributed by atoms with Gasteiger partial charge in [0.15, 0.2) is 23.1 Å². The van der Waals surface area contributed by atoms with Crippen LogP contribution in [0, 0.1) is 29.1 Å². The second kappa shape index (κ2) is 9.10. The van der Waals surface area contributed by atoms with Crippen molar-refractivity contribution in [1.82, 2.24) is 14.8 Å². The minimum Gasteiger partial charge on any atom is -0.479 e. The number of benzene rings is 2. The summed E-state index contributed by atoms with van der Waals surface area (Å²) in [5, 5.41) is 6.39. The van der Waals surface area contributed by atoms with E-state index in [-0.39, 0.29) is 30.1 Å². The van der Waals surface area contributed by atoms with Gasteiger partial charge in [-0.2, -0.15) is 8.78 Å². The van der Waals surface area contributed by atoms with Gasteiger partial charge in [-0.05, 0) is 18.2 Å². The van der Waals surface area contributed by atoms with E-state index in [4.69, 9.17) is 9.15 Å². The van der Waals surface area contributed by atoms with Gasteiger partial charge in [-0.25, -0.2) is 22.8 Å². The largest absolute Gasteiger partial charge is 0.479 e. The van der Waals surface area contributed by atoms with Crippen molar-refractivity contribution < 1.29 is 35.9 Å². The molecule has 33 heavy (non-hydrogen) atoms. The van der Waals surface area contributed by atoms with E-state index in [0.717, 1.165) is 0 Å². The Morgan fingerprint density at radius 2 is 1.73 bits per heavy atom. The molecule has 0 unspecified atom stereocenters. The molecule has 2 aromatic carbocycles. The lowest BCUT2D eigenvalue weighted by Crippen LogP contribution is -2.13. The van der Waals surface area contributed by atoms with Gasteiger partial charge in [0, 0.05) is 11.6 Å². The molecule has 0 atom stereocenters. The number of rotatable bonds is 7. The lowest BCUT2D eigenvalue weighted by molar-refractivity contribution is 0.0991. The minimum atomic E-state index is -1.70. The number of hydrogen-bond donors (Lipinski definition) is 1. The van der Waals surface area contributed by atoms with E-state index >= 15 is 0 Å². The number of furan rings is 1. The Morgan fingerprint density at radius 1 is 1.00 bits per heavy atom. The zero-order valence-corrected chi connectivity index (χ0v) is 16.5. The van der Waals surface area contributed by atoms with Gasteiger partial charge in [-0.1, -0.05) is 18.2 Å². The Bertz CT molecular complexity index is 1290. The van der Waals surface area contributed by atoms with Crippen molar-refractivity contribution in [2.45, 2.75) is 13.2 Å². The monoisotopic (exact) mass is 464 g/mol. The van der Waals surface area contributed by atoms with Crippen LogP contribution in [-0.2, 0) is 13.2 Å². The molecule has 0 saturated heterocycles. The molecule has 0 aliphatic heterocycles. The summed E-state index contributed by atoms with van der Waals surface area (Å²) in [4.78, 5) is 16.2. The van der Waals surface area contributed by atoms with Gasteiger partial charge >= 0.3 is 0 Å². The molecule has 7 nitrogen and oxygen atoms in total. The van der Waals surface area contributed by atoms with Crippen molar-refractivity contribution >= 4 is 11.9 Å². The van der Waals surface area contributed by atoms with Crippen LogP contribution >= 0.6 is 0 Å². The van der Waals surface area contributed by atoms with Crippen LogP contribution in [0.5, 0.6) is 5.75 Å². The number of anilines is 1. The molecular formula is C21H13F5N4O3. The molecule has 4 aromatic rings. The Balaban J connectivity index is 1.38. The number of nitrogens with one attached hydrogen (secondary N) is 1. The Kier molecular flexibility index (Phi) is 6.07. The molecular weight excluding hydrogens is 451 g/mol. The summed E-state index contributed by atoms with van der Waals surface area (Å²) in [6.45, 7) is -0.523. The number of nitrogens with zero attached hydrogens (tertiary/aromatic N) is 3. The predicted molar refractivity (Wildman–Crippen MR) is 103 cm³/mol. The topological polar surface area (TPSA) is 82.2 Å². The number of carbonyl (C=O) groups is 1. The highest BCUT2D eigenvalue weighted by atomic mass is 19.2. The van der Waals surface area contributed by atoms with Crippen molar-refractivity contribution in [3.05, 3.63) is 95.0 Å². The van der Waals surface area contributed by atoms with Crippen LogP contribution in [0.25, 0.3) is 0 Å². The molecule has 0 aliphatic rings. The number of amides is 1. The zero-order chi connectivity index (χ0) is 23.5. The first-order chi connectivity index (χ1) is 15.8. The van der Waals surface area contributed by atoms with Crippen molar-refractivity contribution in [2.24, 2.45) is 0 Å². The van der Waals surface area contributed by atoms with Crippen molar-refractivity contribution in [1.29, 1.82) is 0 Å². The van der Waals surface area contributed by atoms with Crippen LogP contribution < -0.4 is 10.1 Å². The molecule has 4 rings (SSSR count). The van der Waals surface area contributed by atoms with Gasteiger partial charge in [-0.3, -0.25) is 10.1 Å². The van der Waals surface area contributed by atoms with Crippen LogP contribution in [-0.4, -0.2) is 20.7 Å². The van der Waals surface area contributed by atoms with E-state index < -0.39 is 47.3 Å². The van der Waals surface area contributed by atoms with Crippen LogP contribution in [0.2, 0.25) is 0 Å². The summed E-state index contributed by atoms with van der Waals surface area (Å²) >= 11 is 0. The molecule has 12 heteroatoms. The Hall–Kier alpha value is -4.22. The van der Waals surface area contributed by atoms with Crippen LogP contribution in [0.4, 0.5) is 27.9 Å². The molecule has 2 aromatic heterocycles. The Morgan fingerprint density at radius 3 is 2.45 bits per heavy atom. The fraction of sp³-hybridized carbons (Fsp3) is 0.0952. The quantitative estimate of drug-likeness (QED) is 0.323. The number of aromatic nitrogens is 3. The molecule has 1 amide bonds. The standard InChI is InChI=1S/C21H13F5N4O3/c22-13-4-2-1-3-11(13)8-30-10-27-21(29-30)28-20(31)16-6-5-12(33-16)9-32-19-17(25)14(23)7-15(24)18(19)26/h1-7,10H,8-9H2,(H,28,29,31). The zero-order valence-electron chi connectivity index (χ0n) is 16.5. The van der Waals surface area contributed by atoms with E-state index in [2.05, 4.69) is 15.4 Å². The lowest BCUT2D eigenvalue weighted by Gasteiger charge is -2.08. The van der Waals surface area contributed by atoms with Crippen LogP contribution in [0.15, 0.2) is 53.2 Å². The minimum absolute atomic E-state index is 0.0540. The molecule has 2 heterocycles. The first-order valence-electron chi connectivity index (χ1n) is 9.30. The third kappa shape index (κ3) is 4.84. The summed E-state index contributed by atoms with van der Waals surface area (Å²) < 4.78 is 78.8. The van der Waals surface area contributed by atoms with Gasteiger partial charge in [0.05, 0.1) is 6.54 Å². The number of ether oxygens (including phenoxy) is 1. The smallest absolute Gasteiger partial charge is 0.293 e. The first kappa shape index (κ1) is 22.0. The highest BCUT2D eigenvalue weighted by Gasteiger charge is 2.21. The second-order valence-corrected chi connectivity index (χ2v) is 6.66. The molecule has 0 spiro atoms. The average molecular weight is 464 g/mol. The molecule has 170 valence electrons. The van der Waals surface area contributed by atoms with Gasteiger partial charge in [0.2, 0.25) is 17.6 Å². The third-order valence-electron chi connectivity index (χ3n) is 4.37. The first-order valence-corrected chi connectivity index (χ1v) is 9.30. The second-order valence-electron chi connectivity index (χ2n) is 6.66. The average Bonchev–Trinajstić information content (AvgIpc) is 3.44. The summed E-state index contributed by atoms with van der Waals surface area (Å²) in [6.07, 6.45) is 1.30. The van der Waals surface area contributed by atoms with Crippen LogP contribution in [0.1, 0.15) is 21.9 Å². The highest BCUT2D eigenvalue weighted by Crippen LogP contribution is 2.27. The molecule has 1 N–H and O–H groups in total. The molecule has 0 aliphatic carbocycles. The molecule has 0 bridgehead atoms. The van der Waals surface area contributed by atoms with E-state index in [1.54, 1.807) is 18.2 Å². The van der Waals surface area contributed by atoms with Crippen molar-refractivity contribution in [2.75, 3.05) is 5.32 Å². The van der Waals surface area contributed by atoms with E-state index in [9.17, 15) is 26.7 Å². The number of halogens is 5. The third-order valence-corrected chi connectivity index (χ3v) is 4.37. The lowest BCUT2D eigenvalue weighted by atomic mass is 10.2. The summed E-state index contributed by atoms with van der Waals surface area (Å²) in [7, 11) is 0. The van der Waals surface area contributed by atoms with E-state index in [1.165, 1.54) is 29.2 Å². The fourth-order valence-electron chi connectivity index (χ4n) is 2.79. The van der Waals surface area contributed by atoms with Crippen LogP contribution in [0.3, 0.4) is 0 Å². The molecule has 0 fully saturated rings. The van der Waals surface area contributed by atoms with E-state index in [1.807, 2.05) is 0 Å². The number of hydrogen-bond acceptors (Lipinski definition) is 5. The van der Waals surface area contributed by atoms with Crippen molar-refractivity contribution in [3.63, 3.8) is 0 Å². The van der Waals surface area contributed by atoms with E-state index in [0.29, 0.717) is 5.56 Å². The van der Waals surface area contributed by atoms with Crippen molar-refractivity contribution in [3.8, 4) is 5.75 Å².